The molecule has 0 radical (unpaired) electrons. The van der Waals surface area contributed by atoms with Crippen molar-refractivity contribution in [3.8, 4) is 0 Å². The Bertz CT molecular complexity index is 203. The number of nitrogens with zero attached hydrogens (tertiary/aromatic N) is 1. The molecule has 2 nitrogen and oxygen atoms in total. The maximum atomic E-state index is 3.59. The van der Waals surface area contributed by atoms with Crippen molar-refractivity contribution in [3.05, 3.63) is 0 Å². The fourth-order valence-corrected chi connectivity index (χ4v) is 2.47. The highest BCUT2D eigenvalue weighted by Crippen LogP contribution is 2.27. The minimum atomic E-state index is 0.255. The lowest BCUT2D eigenvalue weighted by atomic mass is 9.85. The van der Waals surface area contributed by atoms with Gasteiger partial charge in [-0.3, -0.25) is 0 Å². The largest absolute Gasteiger partial charge is 0.312 e. The number of hydrogen-bond acceptors (Lipinski definition) is 2. The van der Waals surface area contributed by atoms with Crippen LogP contribution in [0.15, 0.2) is 0 Å². The first-order valence-corrected chi connectivity index (χ1v) is 7.41. The predicted molar refractivity (Wildman–Crippen MR) is 76.4 cm³/mol. The first-order chi connectivity index (χ1) is 7.92. The van der Waals surface area contributed by atoms with Gasteiger partial charge in [-0.15, -0.1) is 0 Å². The molecular formula is C15H32N2. The van der Waals surface area contributed by atoms with Crippen molar-refractivity contribution in [1.29, 1.82) is 0 Å². The topological polar surface area (TPSA) is 15.3 Å². The molecule has 0 aromatic heterocycles. The van der Waals surface area contributed by atoms with Gasteiger partial charge in [0, 0.05) is 18.1 Å². The Morgan fingerprint density at radius 3 is 2.35 bits per heavy atom. The predicted octanol–water partition coefficient (Wildman–Crippen LogP) is 3.28. The molecule has 1 fully saturated rings. The molecule has 0 aromatic carbocycles. The molecule has 1 aliphatic rings. The fraction of sp³-hybridized carbons (Fsp3) is 1.00. The van der Waals surface area contributed by atoms with Gasteiger partial charge in [-0.05, 0) is 66.0 Å². The van der Waals surface area contributed by atoms with Gasteiger partial charge in [0.1, 0.15) is 0 Å². The van der Waals surface area contributed by atoms with Gasteiger partial charge < -0.3 is 10.2 Å². The highest BCUT2D eigenvalue weighted by Gasteiger charge is 2.22. The van der Waals surface area contributed by atoms with Crippen LogP contribution in [0.2, 0.25) is 0 Å². The molecule has 0 amide bonds. The monoisotopic (exact) mass is 240 g/mol. The van der Waals surface area contributed by atoms with Gasteiger partial charge in [0.2, 0.25) is 0 Å². The van der Waals surface area contributed by atoms with Crippen LogP contribution in [0.5, 0.6) is 0 Å². The molecule has 17 heavy (non-hydrogen) atoms. The minimum absolute atomic E-state index is 0.255. The van der Waals surface area contributed by atoms with Crippen molar-refractivity contribution in [2.24, 2.45) is 5.92 Å². The number of nitrogens with one attached hydrogen (secondary N) is 1. The Balaban J connectivity index is 2.20. The first kappa shape index (κ1) is 15.0. The Labute approximate surface area is 108 Å². The smallest absolute Gasteiger partial charge is 0.00965 e. The quantitative estimate of drug-likeness (QED) is 0.735. The molecule has 1 aliphatic carbocycles. The lowest BCUT2D eigenvalue weighted by molar-refractivity contribution is 0.139. The van der Waals surface area contributed by atoms with E-state index in [4.69, 9.17) is 0 Å². The molecule has 1 unspecified atom stereocenters. The van der Waals surface area contributed by atoms with E-state index in [9.17, 15) is 0 Å². The number of hydrogen-bond donors (Lipinski definition) is 1. The van der Waals surface area contributed by atoms with Crippen LogP contribution < -0.4 is 5.32 Å². The van der Waals surface area contributed by atoms with Gasteiger partial charge >= 0.3 is 0 Å². The van der Waals surface area contributed by atoms with Crippen LogP contribution in [0.4, 0.5) is 0 Å². The molecule has 0 bridgehead atoms. The van der Waals surface area contributed by atoms with Gasteiger partial charge in [0.25, 0.3) is 0 Å². The van der Waals surface area contributed by atoms with Crippen LogP contribution in [-0.2, 0) is 0 Å². The summed E-state index contributed by atoms with van der Waals surface area (Å²) in [5.74, 6) is 0.993. The molecule has 102 valence electrons. The van der Waals surface area contributed by atoms with Gasteiger partial charge in [0.15, 0.2) is 0 Å². The molecule has 1 saturated carbocycles. The summed E-state index contributed by atoms with van der Waals surface area (Å²) >= 11 is 0. The van der Waals surface area contributed by atoms with Gasteiger partial charge in [-0.1, -0.05) is 13.3 Å². The number of rotatable bonds is 7. The summed E-state index contributed by atoms with van der Waals surface area (Å²) in [6, 6.07) is 0.718. The molecule has 0 aliphatic heterocycles. The van der Waals surface area contributed by atoms with Crippen molar-refractivity contribution < 1.29 is 0 Å². The van der Waals surface area contributed by atoms with Crippen molar-refractivity contribution in [2.75, 3.05) is 19.6 Å². The van der Waals surface area contributed by atoms with Crippen LogP contribution in [0.3, 0.4) is 0 Å². The Morgan fingerprint density at radius 2 is 1.94 bits per heavy atom. The van der Waals surface area contributed by atoms with E-state index in [0.29, 0.717) is 0 Å². The van der Waals surface area contributed by atoms with E-state index >= 15 is 0 Å². The zero-order chi connectivity index (χ0) is 12.9. The van der Waals surface area contributed by atoms with Crippen LogP contribution in [0.25, 0.3) is 0 Å². The zero-order valence-corrected chi connectivity index (χ0v) is 12.6. The van der Waals surface area contributed by atoms with Crippen LogP contribution in [-0.4, -0.2) is 36.1 Å². The van der Waals surface area contributed by atoms with Crippen molar-refractivity contribution >= 4 is 0 Å². The molecular weight excluding hydrogens is 208 g/mol. The van der Waals surface area contributed by atoms with Crippen molar-refractivity contribution in [2.45, 2.75) is 71.9 Å². The summed E-state index contributed by atoms with van der Waals surface area (Å²) in [5, 5.41) is 3.59. The minimum Gasteiger partial charge on any atom is -0.312 e. The summed E-state index contributed by atoms with van der Waals surface area (Å²) in [6.07, 6.45) is 5.65. The third kappa shape index (κ3) is 5.87. The highest BCUT2D eigenvalue weighted by atomic mass is 15.1. The average Bonchev–Trinajstić information content (AvgIpc) is 2.14. The molecule has 0 saturated heterocycles. The second kappa shape index (κ2) is 6.75. The summed E-state index contributed by atoms with van der Waals surface area (Å²) in [6.45, 7) is 15.1. The van der Waals surface area contributed by atoms with Gasteiger partial charge in [0.05, 0.1) is 0 Å². The molecule has 0 aromatic rings. The van der Waals surface area contributed by atoms with E-state index in [1.807, 2.05) is 0 Å². The summed E-state index contributed by atoms with van der Waals surface area (Å²) in [4.78, 5) is 2.66. The fourth-order valence-electron chi connectivity index (χ4n) is 2.47. The zero-order valence-electron chi connectivity index (χ0n) is 12.6. The SMILES string of the molecule is CCN(CC1CCC1)C(C)CCNC(C)(C)C. The maximum Gasteiger partial charge on any atom is 0.00965 e. The van der Waals surface area contributed by atoms with E-state index in [0.717, 1.165) is 18.5 Å². The lowest BCUT2D eigenvalue weighted by Crippen LogP contribution is -2.42. The third-order valence-electron chi connectivity index (χ3n) is 3.96. The van der Waals surface area contributed by atoms with E-state index in [1.165, 1.54) is 38.8 Å². The Kier molecular flexibility index (Phi) is 5.94. The van der Waals surface area contributed by atoms with Crippen LogP contribution in [0.1, 0.15) is 60.3 Å². The molecule has 1 N–H and O–H groups in total. The summed E-state index contributed by atoms with van der Waals surface area (Å²) < 4.78 is 0. The van der Waals surface area contributed by atoms with Crippen LogP contribution in [0, 0.1) is 5.92 Å². The second-order valence-corrected chi connectivity index (χ2v) is 6.70. The van der Waals surface area contributed by atoms with E-state index in [1.54, 1.807) is 0 Å². The van der Waals surface area contributed by atoms with E-state index in [-0.39, 0.29) is 5.54 Å². The van der Waals surface area contributed by atoms with E-state index < -0.39 is 0 Å². The third-order valence-corrected chi connectivity index (χ3v) is 3.96. The molecule has 2 heteroatoms. The van der Waals surface area contributed by atoms with Gasteiger partial charge in [-0.2, -0.15) is 0 Å². The second-order valence-electron chi connectivity index (χ2n) is 6.70. The highest BCUT2D eigenvalue weighted by molar-refractivity contribution is 4.78. The van der Waals surface area contributed by atoms with E-state index in [2.05, 4.69) is 44.8 Å². The molecule has 1 atom stereocenters. The standard InChI is InChI=1S/C15H32N2/c1-6-17(12-14-8-7-9-14)13(2)10-11-16-15(3,4)5/h13-14,16H,6-12H2,1-5H3. The summed E-state index contributed by atoms with van der Waals surface area (Å²) in [5.41, 5.74) is 0.255. The Morgan fingerprint density at radius 1 is 1.29 bits per heavy atom. The maximum absolute atomic E-state index is 3.59. The summed E-state index contributed by atoms with van der Waals surface area (Å²) in [7, 11) is 0. The molecule has 1 rings (SSSR count). The van der Waals surface area contributed by atoms with Crippen LogP contribution >= 0.6 is 0 Å². The van der Waals surface area contributed by atoms with Crippen molar-refractivity contribution in [1.82, 2.24) is 10.2 Å². The first-order valence-electron chi connectivity index (χ1n) is 7.41. The molecule has 0 spiro atoms. The lowest BCUT2D eigenvalue weighted by Gasteiger charge is -2.35. The molecule has 0 heterocycles. The average molecular weight is 240 g/mol. The Hall–Kier alpha value is -0.0800. The van der Waals surface area contributed by atoms with Crippen molar-refractivity contribution in [3.63, 3.8) is 0 Å². The normalized spacial score (nSPS) is 19.4. The van der Waals surface area contributed by atoms with Gasteiger partial charge in [-0.25, -0.2) is 0 Å².